The highest BCUT2D eigenvalue weighted by Crippen LogP contribution is 2.49. The van der Waals surface area contributed by atoms with Crippen LogP contribution in [-0.4, -0.2) is 32.0 Å². The maximum Gasteiger partial charge on any atom is 0.160 e. The maximum absolute atomic E-state index is 9.86. The molecular formula is C17H15Cl2N3OS. The van der Waals surface area contributed by atoms with Crippen molar-refractivity contribution in [2.75, 3.05) is 6.54 Å². The number of aromatic nitrogens is 1. The van der Waals surface area contributed by atoms with Gasteiger partial charge >= 0.3 is 0 Å². The Morgan fingerprint density at radius 1 is 1.25 bits per heavy atom. The predicted octanol–water partition coefficient (Wildman–Crippen LogP) is 4.68. The fourth-order valence-corrected chi connectivity index (χ4v) is 4.83. The monoisotopic (exact) mass is 379 g/mol. The summed E-state index contributed by atoms with van der Waals surface area (Å²) in [6.45, 7) is 3.10. The molecule has 2 aromatic rings. The lowest BCUT2D eigenvalue weighted by molar-refractivity contribution is 0.321. The van der Waals surface area contributed by atoms with Crippen LogP contribution in [0.3, 0.4) is 0 Å². The molecule has 1 aromatic heterocycles. The molecule has 3 atom stereocenters. The second-order valence-electron chi connectivity index (χ2n) is 5.97. The number of hydrogen-bond acceptors (Lipinski definition) is 5. The molecule has 2 aliphatic rings. The van der Waals surface area contributed by atoms with Crippen molar-refractivity contribution in [1.29, 1.82) is 0 Å². The zero-order valence-electron chi connectivity index (χ0n) is 12.9. The van der Waals surface area contributed by atoms with Crippen molar-refractivity contribution in [3.05, 3.63) is 57.8 Å². The summed E-state index contributed by atoms with van der Waals surface area (Å²) in [5, 5.41) is 11.9. The van der Waals surface area contributed by atoms with E-state index in [-0.39, 0.29) is 27.9 Å². The van der Waals surface area contributed by atoms with Gasteiger partial charge in [0.1, 0.15) is 6.04 Å². The van der Waals surface area contributed by atoms with E-state index in [1.165, 1.54) is 0 Å². The van der Waals surface area contributed by atoms with E-state index in [9.17, 15) is 5.11 Å². The van der Waals surface area contributed by atoms with E-state index in [1.807, 2.05) is 18.2 Å². The summed E-state index contributed by atoms with van der Waals surface area (Å²) in [6.07, 6.45) is 1.78. The minimum Gasteiger partial charge on any atom is -0.505 e. The van der Waals surface area contributed by atoms with Gasteiger partial charge in [-0.3, -0.25) is 9.98 Å². The Kier molecular flexibility index (Phi) is 4.11. The van der Waals surface area contributed by atoms with Gasteiger partial charge in [-0.25, -0.2) is 0 Å². The molecule has 1 saturated heterocycles. The van der Waals surface area contributed by atoms with Crippen molar-refractivity contribution in [1.82, 2.24) is 9.88 Å². The molecule has 0 amide bonds. The standard InChI is InChI=1S/C17H15Cl2N3OS/c1-9-8-22-15(10-6-11(18)16(23)12(19)7-10)14(21-17(22)24-9)13-4-2-3-5-20-13/h2-7,9,14-15,23H,8H2,1H3/t9-,14-,15-/m1/s1. The van der Waals surface area contributed by atoms with Crippen LogP contribution in [0.5, 0.6) is 5.75 Å². The number of rotatable bonds is 2. The van der Waals surface area contributed by atoms with Gasteiger partial charge in [0.05, 0.1) is 21.8 Å². The van der Waals surface area contributed by atoms with E-state index in [4.69, 9.17) is 28.2 Å². The topological polar surface area (TPSA) is 48.7 Å². The molecule has 0 radical (unpaired) electrons. The van der Waals surface area contributed by atoms with Gasteiger partial charge < -0.3 is 10.0 Å². The molecule has 0 bridgehead atoms. The third kappa shape index (κ3) is 2.65. The summed E-state index contributed by atoms with van der Waals surface area (Å²) >= 11 is 14.1. The molecule has 2 aliphatic heterocycles. The van der Waals surface area contributed by atoms with Gasteiger partial charge in [0, 0.05) is 18.0 Å². The number of phenols is 1. The fraction of sp³-hybridized carbons (Fsp3) is 0.294. The van der Waals surface area contributed by atoms with Gasteiger partial charge in [-0.1, -0.05) is 48.0 Å². The van der Waals surface area contributed by atoms with Gasteiger partial charge in [0.15, 0.2) is 10.9 Å². The summed E-state index contributed by atoms with van der Waals surface area (Å²) in [5.74, 6) is -0.0835. The molecule has 0 unspecified atom stereocenters. The van der Waals surface area contributed by atoms with Crippen LogP contribution in [0.2, 0.25) is 10.0 Å². The molecule has 124 valence electrons. The minimum absolute atomic E-state index is 0.0250. The predicted molar refractivity (Wildman–Crippen MR) is 99.0 cm³/mol. The molecule has 7 heteroatoms. The maximum atomic E-state index is 9.86. The number of aliphatic imine (C=N–C) groups is 1. The number of thioether (sulfide) groups is 1. The lowest BCUT2D eigenvalue weighted by Gasteiger charge is -2.27. The lowest BCUT2D eigenvalue weighted by atomic mass is 9.96. The van der Waals surface area contributed by atoms with Crippen molar-refractivity contribution < 1.29 is 5.11 Å². The zero-order valence-corrected chi connectivity index (χ0v) is 15.2. The van der Waals surface area contributed by atoms with E-state index in [0.29, 0.717) is 5.25 Å². The summed E-state index contributed by atoms with van der Waals surface area (Å²) in [4.78, 5) is 11.7. The first-order valence-electron chi connectivity index (χ1n) is 7.64. The molecule has 0 aliphatic carbocycles. The number of phenolic OH excluding ortho intramolecular Hbond substituents is 1. The van der Waals surface area contributed by atoms with Gasteiger partial charge in [-0.15, -0.1) is 0 Å². The Bertz CT molecular complexity index is 792. The Balaban J connectivity index is 1.81. The van der Waals surface area contributed by atoms with Crippen molar-refractivity contribution >= 4 is 40.1 Å². The third-order valence-corrected chi connectivity index (χ3v) is 5.94. The molecule has 3 heterocycles. The quantitative estimate of drug-likeness (QED) is 0.822. The normalized spacial score (nSPS) is 25.7. The van der Waals surface area contributed by atoms with Crippen LogP contribution in [0, 0.1) is 0 Å². The van der Waals surface area contributed by atoms with E-state index in [2.05, 4.69) is 16.8 Å². The van der Waals surface area contributed by atoms with E-state index in [1.54, 1.807) is 30.1 Å². The number of pyridine rings is 1. The summed E-state index contributed by atoms with van der Waals surface area (Å²) in [5.41, 5.74) is 1.85. The largest absolute Gasteiger partial charge is 0.505 e. The van der Waals surface area contributed by atoms with E-state index >= 15 is 0 Å². The number of fused-ring (bicyclic) bond motifs is 1. The molecule has 1 fully saturated rings. The Hall–Kier alpha value is -1.43. The van der Waals surface area contributed by atoms with Gasteiger partial charge in [-0.2, -0.15) is 0 Å². The van der Waals surface area contributed by atoms with Crippen molar-refractivity contribution in [2.24, 2.45) is 4.99 Å². The van der Waals surface area contributed by atoms with Gasteiger partial charge in [0.25, 0.3) is 0 Å². The Labute approximate surface area is 154 Å². The minimum atomic E-state index is -0.113. The number of amidine groups is 1. The average Bonchev–Trinajstić information content (AvgIpc) is 3.08. The van der Waals surface area contributed by atoms with Crippen LogP contribution in [0.1, 0.15) is 30.3 Å². The highest BCUT2D eigenvalue weighted by Gasteiger charge is 2.43. The summed E-state index contributed by atoms with van der Waals surface area (Å²) < 4.78 is 0. The zero-order chi connectivity index (χ0) is 16.8. The molecule has 0 saturated carbocycles. The number of aromatic hydroxyl groups is 1. The van der Waals surface area contributed by atoms with Crippen LogP contribution in [0.15, 0.2) is 41.5 Å². The second-order valence-corrected chi connectivity index (χ2v) is 8.19. The van der Waals surface area contributed by atoms with Gasteiger partial charge in [0.2, 0.25) is 0 Å². The first-order chi connectivity index (χ1) is 11.5. The lowest BCUT2D eigenvalue weighted by Crippen LogP contribution is -2.28. The Morgan fingerprint density at radius 3 is 2.67 bits per heavy atom. The highest BCUT2D eigenvalue weighted by molar-refractivity contribution is 8.14. The fourth-order valence-electron chi connectivity index (χ4n) is 3.23. The molecule has 4 nitrogen and oxygen atoms in total. The van der Waals surface area contributed by atoms with E-state index in [0.717, 1.165) is 23.0 Å². The van der Waals surface area contributed by atoms with Crippen LogP contribution in [0.4, 0.5) is 0 Å². The smallest absolute Gasteiger partial charge is 0.160 e. The van der Waals surface area contributed by atoms with Crippen LogP contribution in [-0.2, 0) is 0 Å². The number of halogens is 2. The molecule has 4 rings (SSSR count). The summed E-state index contributed by atoms with van der Waals surface area (Å²) in [7, 11) is 0. The van der Waals surface area contributed by atoms with Crippen LogP contribution >= 0.6 is 35.0 Å². The summed E-state index contributed by atoms with van der Waals surface area (Å²) in [6, 6.07) is 9.26. The first-order valence-corrected chi connectivity index (χ1v) is 9.28. The Morgan fingerprint density at radius 2 is 2.00 bits per heavy atom. The molecule has 1 aromatic carbocycles. The second kappa shape index (κ2) is 6.14. The SMILES string of the molecule is C[C@@H]1CN2C(=N[C@H](c3ccccn3)[C@H]2c2cc(Cl)c(O)c(Cl)c2)S1. The number of benzene rings is 1. The van der Waals surface area contributed by atoms with Gasteiger partial charge in [-0.05, 0) is 29.8 Å². The first kappa shape index (κ1) is 16.1. The molecule has 24 heavy (non-hydrogen) atoms. The average molecular weight is 380 g/mol. The van der Waals surface area contributed by atoms with Crippen molar-refractivity contribution in [2.45, 2.75) is 24.3 Å². The van der Waals surface area contributed by atoms with Crippen LogP contribution < -0.4 is 0 Å². The van der Waals surface area contributed by atoms with Crippen molar-refractivity contribution in [3.63, 3.8) is 0 Å². The highest BCUT2D eigenvalue weighted by atomic mass is 35.5. The van der Waals surface area contributed by atoms with E-state index < -0.39 is 0 Å². The molecule has 0 spiro atoms. The number of nitrogens with zero attached hydrogens (tertiary/aromatic N) is 3. The molecule has 1 N–H and O–H groups in total. The number of hydrogen-bond donors (Lipinski definition) is 1. The van der Waals surface area contributed by atoms with Crippen LogP contribution in [0.25, 0.3) is 0 Å². The molecular weight excluding hydrogens is 365 g/mol. The van der Waals surface area contributed by atoms with Crippen molar-refractivity contribution in [3.8, 4) is 5.75 Å². The third-order valence-electron chi connectivity index (χ3n) is 4.26.